The number of hydrogen-bond donors (Lipinski definition) is 4. The van der Waals surface area contributed by atoms with Crippen molar-refractivity contribution >= 4 is 66.5 Å². The number of aryl methyl sites for hydroxylation is 2. The van der Waals surface area contributed by atoms with Crippen LogP contribution in [-0.4, -0.2) is 25.7 Å². The van der Waals surface area contributed by atoms with Gasteiger partial charge in [0.05, 0.1) is 18.2 Å². The highest BCUT2D eigenvalue weighted by Gasteiger charge is 2.23. The maximum atomic E-state index is 7.10. The molecule has 8 aromatic rings. The van der Waals surface area contributed by atoms with Gasteiger partial charge in [0.1, 0.15) is 0 Å². The molecule has 74 heavy (non-hydrogen) atoms. The number of allylic oxidation sites excluding steroid dienone is 6. The molecule has 0 spiro atoms. The van der Waals surface area contributed by atoms with Gasteiger partial charge in [0, 0.05) is 12.2 Å². The van der Waals surface area contributed by atoms with E-state index in [0.29, 0.717) is 0 Å². The van der Waals surface area contributed by atoms with Gasteiger partial charge in [-0.15, -0.1) is 0 Å². The van der Waals surface area contributed by atoms with Gasteiger partial charge >= 0.3 is 0 Å². The first-order valence-corrected chi connectivity index (χ1v) is 27.0. The van der Waals surface area contributed by atoms with Crippen molar-refractivity contribution in [1.29, 1.82) is 0 Å². The zero-order valence-corrected chi connectivity index (χ0v) is 44.0. The SMILES string of the molecule is CC.CC.CNC1C=CC=C/C1=C(/NCC1=Cc2c(c3ccccc3c3ccccc23)CC1)c1cccc(-c2cccc(/C(C)=C3\C=CC=CC3NC(N)c3ccc4c(c3)c3c(c5ccccc54)CCC=C3)c2)c1. The van der Waals surface area contributed by atoms with Crippen LogP contribution < -0.4 is 21.7 Å². The number of likely N-dealkylation sites (N-methyl/N-ethyl adjacent to an activating group) is 1. The van der Waals surface area contributed by atoms with Crippen LogP contribution in [-0.2, 0) is 12.8 Å². The molecule has 0 amide bonds. The molecule has 8 aromatic carbocycles. The molecule has 4 nitrogen and oxygen atoms in total. The minimum absolute atomic E-state index is 0.0584. The fraction of sp³-hybridized carbons (Fsp3) is 0.200. The predicted octanol–water partition coefficient (Wildman–Crippen LogP) is 16.5. The maximum absolute atomic E-state index is 7.10. The fourth-order valence-electron chi connectivity index (χ4n) is 11.7. The van der Waals surface area contributed by atoms with Crippen LogP contribution in [0.5, 0.6) is 0 Å². The highest BCUT2D eigenvalue weighted by atomic mass is 15.0. The molecule has 370 valence electrons. The normalized spacial score (nSPS) is 18.2. The fourth-order valence-corrected chi connectivity index (χ4v) is 11.7. The van der Waals surface area contributed by atoms with Crippen molar-refractivity contribution in [3.8, 4) is 11.1 Å². The third kappa shape index (κ3) is 9.70. The van der Waals surface area contributed by atoms with Crippen LogP contribution in [0.2, 0.25) is 0 Å². The minimum atomic E-state index is -0.364. The summed E-state index contributed by atoms with van der Waals surface area (Å²) >= 11 is 0. The summed E-state index contributed by atoms with van der Waals surface area (Å²) in [6.45, 7) is 11.0. The molecule has 4 aliphatic rings. The predicted molar refractivity (Wildman–Crippen MR) is 322 cm³/mol. The molecule has 0 saturated carbocycles. The second-order valence-electron chi connectivity index (χ2n) is 19.3. The molecule has 4 aliphatic carbocycles. The molecule has 0 bridgehead atoms. The van der Waals surface area contributed by atoms with Gasteiger partial charge in [0.15, 0.2) is 0 Å². The Kier molecular flexibility index (Phi) is 15.3. The van der Waals surface area contributed by atoms with E-state index in [1.54, 1.807) is 0 Å². The first kappa shape index (κ1) is 50.0. The van der Waals surface area contributed by atoms with E-state index in [1.165, 1.54) is 110 Å². The minimum Gasteiger partial charge on any atom is -0.381 e. The second kappa shape index (κ2) is 22.7. The summed E-state index contributed by atoms with van der Waals surface area (Å²) in [5.41, 5.74) is 24.7. The Bertz CT molecular complexity index is 3660. The van der Waals surface area contributed by atoms with Gasteiger partial charge in [-0.1, -0.05) is 221 Å². The van der Waals surface area contributed by atoms with Gasteiger partial charge in [0.25, 0.3) is 0 Å². The summed E-state index contributed by atoms with van der Waals surface area (Å²) in [5, 5.41) is 22.0. The largest absolute Gasteiger partial charge is 0.381 e. The van der Waals surface area contributed by atoms with Crippen LogP contribution in [0, 0.1) is 0 Å². The van der Waals surface area contributed by atoms with Gasteiger partial charge in [-0.2, -0.15) is 0 Å². The zero-order chi connectivity index (χ0) is 51.1. The average molecular weight is 967 g/mol. The number of benzene rings is 8. The van der Waals surface area contributed by atoms with E-state index in [-0.39, 0.29) is 18.2 Å². The van der Waals surface area contributed by atoms with Crippen molar-refractivity contribution in [3.63, 3.8) is 0 Å². The molecular formula is C70H70N4. The van der Waals surface area contributed by atoms with E-state index in [0.717, 1.165) is 43.5 Å². The Morgan fingerprint density at radius 3 is 1.81 bits per heavy atom. The van der Waals surface area contributed by atoms with Gasteiger partial charge < -0.3 is 16.4 Å². The molecular weight excluding hydrogens is 897 g/mol. The highest BCUT2D eigenvalue weighted by molar-refractivity contribution is 6.14. The van der Waals surface area contributed by atoms with Crippen molar-refractivity contribution in [1.82, 2.24) is 16.0 Å². The lowest BCUT2D eigenvalue weighted by Crippen LogP contribution is -2.38. The smallest absolute Gasteiger partial charge is 0.0817 e. The Balaban J connectivity index is 0.00000153. The quantitative estimate of drug-likeness (QED) is 0.0815. The molecule has 0 radical (unpaired) electrons. The van der Waals surface area contributed by atoms with Crippen molar-refractivity contribution in [3.05, 3.63) is 250 Å². The Morgan fingerprint density at radius 2 is 1.12 bits per heavy atom. The summed E-state index contributed by atoms with van der Waals surface area (Å²) < 4.78 is 0. The number of fused-ring (bicyclic) bond motifs is 12. The molecule has 0 fully saturated rings. The topological polar surface area (TPSA) is 62.1 Å². The van der Waals surface area contributed by atoms with Crippen LogP contribution in [0.4, 0.5) is 0 Å². The lowest BCUT2D eigenvalue weighted by molar-refractivity contribution is 0.533. The Morgan fingerprint density at radius 1 is 0.541 bits per heavy atom. The van der Waals surface area contributed by atoms with E-state index in [1.807, 2.05) is 34.7 Å². The molecule has 0 saturated heterocycles. The van der Waals surface area contributed by atoms with Crippen LogP contribution >= 0.6 is 0 Å². The van der Waals surface area contributed by atoms with Gasteiger partial charge in [-0.3, -0.25) is 5.32 Å². The van der Waals surface area contributed by atoms with Crippen molar-refractivity contribution in [2.45, 2.75) is 78.6 Å². The van der Waals surface area contributed by atoms with Crippen molar-refractivity contribution < 1.29 is 0 Å². The van der Waals surface area contributed by atoms with E-state index in [2.05, 4.69) is 229 Å². The van der Waals surface area contributed by atoms with Crippen LogP contribution in [0.25, 0.3) is 77.6 Å². The lowest BCUT2D eigenvalue weighted by atomic mass is 9.84. The monoisotopic (exact) mass is 967 g/mol. The van der Waals surface area contributed by atoms with Crippen LogP contribution in [0.3, 0.4) is 0 Å². The van der Waals surface area contributed by atoms with Gasteiger partial charge in [-0.05, 0) is 168 Å². The molecule has 3 unspecified atom stereocenters. The van der Waals surface area contributed by atoms with E-state index < -0.39 is 0 Å². The van der Waals surface area contributed by atoms with Crippen LogP contribution in [0.1, 0.15) is 92.6 Å². The summed E-state index contributed by atoms with van der Waals surface area (Å²) in [5.74, 6) is 0. The van der Waals surface area contributed by atoms with Crippen molar-refractivity contribution in [2.75, 3.05) is 13.6 Å². The van der Waals surface area contributed by atoms with E-state index >= 15 is 0 Å². The lowest BCUT2D eigenvalue weighted by Gasteiger charge is -2.26. The Labute approximate surface area is 439 Å². The zero-order valence-electron chi connectivity index (χ0n) is 44.0. The first-order chi connectivity index (χ1) is 36.5. The van der Waals surface area contributed by atoms with E-state index in [4.69, 9.17) is 5.73 Å². The summed E-state index contributed by atoms with van der Waals surface area (Å²) in [6, 6.07) is 51.5. The third-order valence-electron chi connectivity index (χ3n) is 15.3. The third-order valence-corrected chi connectivity index (χ3v) is 15.3. The molecule has 3 atom stereocenters. The van der Waals surface area contributed by atoms with Gasteiger partial charge in [0.2, 0.25) is 0 Å². The van der Waals surface area contributed by atoms with Crippen molar-refractivity contribution in [2.24, 2.45) is 5.73 Å². The summed E-state index contributed by atoms with van der Waals surface area (Å²) in [6.07, 6.45) is 28.4. The number of nitrogens with two attached hydrogens (primary N) is 1. The maximum Gasteiger partial charge on any atom is 0.0817 e. The molecule has 4 heteroatoms. The summed E-state index contributed by atoms with van der Waals surface area (Å²) in [4.78, 5) is 0. The number of hydrogen-bond acceptors (Lipinski definition) is 4. The average Bonchev–Trinajstić information content (AvgIpc) is 3.49. The molecule has 5 N–H and O–H groups in total. The summed E-state index contributed by atoms with van der Waals surface area (Å²) in [7, 11) is 2.04. The standard InChI is InChI=1S/C66H58N4.2C2H6/c1-42(49-21-11-14-32-64(49)70-66(67)48-34-36-59-55-27-6-4-23-51(55)53-25-8-10-29-57(53)62(59)40-48)44-17-15-18-45(38-44)46-19-16-20-47(39-46)65(60-30-12-13-31-63(60)68-2)69-41-43-33-35-58-54-26-5-3-22-50(54)52-24-7-9-28-56(52)61(58)37-43;2*1-2/h3-7,9-24,26-32,34,36-40,63-64,66,68-70H,8,25,33,35,41,67H2,1-2H3;2*1-2H3/b49-42+,65-60-;;. The molecule has 0 heterocycles. The van der Waals surface area contributed by atoms with E-state index in [9.17, 15) is 0 Å². The van der Waals surface area contributed by atoms with Crippen LogP contribution in [0.15, 0.2) is 211 Å². The van der Waals surface area contributed by atoms with Gasteiger partial charge in [-0.25, -0.2) is 0 Å². The first-order valence-electron chi connectivity index (χ1n) is 27.0. The molecule has 12 rings (SSSR count). The number of rotatable bonds is 10. The highest BCUT2D eigenvalue weighted by Crippen LogP contribution is 2.40. The Hall–Kier alpha value is -7.60. The number of nitrogens with one attached hydrogen (secondary N) is 3. The second-order valence-corrected chi connectivity index (χ2v) is 19.3. The molecule has 0 aromatic heterocycles. The molecule has 0 aliphatic heterocycles.